The Kier molecular flexibility index (Phi) is 10.4. The van der Waals surface area contributed by atoms with Gasteiger partial charge in [0, 0.05) is 22.2 Å². The second-order valence-corrected chi connectivity index (χ2v) is 18.2. The van der Waals surface area contributed by atoms with Crippen molar-refractivity contribution in [3.8, 4) is 11.5 Å². The number of ether oxygens (including phenoxy) is 2. The Morgan fingerprint density at radius 3 is 1.30 bits per heavy atom. The Labute approximate surface area is 405 Å². The maximum Gasteiger partial charge on any atom is 0.343 e. The summed E-state index contributed by atoms with van der Waals surface area (Å²) in [5.41, 5.74) is 7.60. The lowest BCUT2D eigenvalue weighted by molar-refractivity contribution is 0.0725. The van der Waals surface area contributed by atoms with Crippen LogP contribution in [0.5, 0.6) is 11.5 Å². The second kappa shape index (κ2) is 17.2. The minimum atomic E-state index is -0.706. The lowest BCUT2D eigenvalue weighted by Gasteiger charge is -2.33. The Morgan fingerprint density at radius 1 is 0.386 bits per heavy atom. The average Bonchev–Trinajstić information content (AvgIpc) is 3.41. The van der Waals surface area contributed by atoms with E-state index >= 15 is 0 Å². The van der Waals surface area contributed by atoms with Gasteiger partial charge in [0.2, 0.25) is 0 Å². The van der Waals surface area contributed by atoms with E-state index in [9.17, 15) is 9.59 Å². The normalized spacial score (nSPS) is 11.7. The molecule has 0 N–H and O–H groups in total. The number of fused-ring (bicyclic) bond motifs is 2. The zero-order valence-corrected chi connectivity index (χ0v) is 38.6. The Bertz CT molecular complexity index is 3780. The predicted octanol–water partition coefficient (Wildman–Crippen LogP) is 16.5. The first-order valence-corrected chi connectivity index (χ1v) is 23.5. The lowest BCUT2D eigenvalue weighted by atomic mass is 9.71. The van der Waals surface area contributed by atoms with E-state index < -0.39 is 17.4 Å². The van der Waals surface area contributed by atoms with Gasteiger partial charge < -0.3 is 14.4 Å². The molecule has 0 unspecified atom stereocenters. The van der Waals surface area contributed by atoms with Gasteiger partial charge >= 0.3 is 11.9 Å². The van der Waals surface area contributed by atoms with Gasteiger partial charge in [-0.1, -0.05) is 163 Å². The molecule has 0 aliphatic rings. The van der Waals surface area contributed by atoms with Gasteiger partial charge in [-0.3, -0.25) is 0 Å². The molecule has 0 spiro atoms. The van der Waals surface area contributed by atoms with Crippen molar-refractivity contribution < 1.29 is 19.1 Å². The summed E-state index contributed by atoms with van der Waals surface area (Å²) in [7, 11) is 0. The minimum absolute atomic E-state index is 0.423. The number of carbonyl (C=O) groups excluding carboxylic acids is 2. The topological polar surface area (TPSA) is 55.8 Å². The van der Waals surface area contributed by atoms with Crippen LogP contribution < -0.4 is 14.4 Å². The van der Waals surface area contributed by atoms with Gasteiger partial charge in [-0.15, -0.1) is 0 Å². The van der Waals surface area contributed by atoms with Crippen LogP contribution in [0.25, 0.3) is 53.9 Å². The first-order chi connectivity index (χ1) is 34.3. The molecule has 0 atom stereocenters. The van der Waals surface area contributed by atoms with Gasteiger partial charge in [0.05, 0.1) is 16.8 Å². The first-order valence-electron chi connectivity index (χ1n) is 23.5. The zero-order chi connectivity index (χ0) is 47.3. The van der Waals surface area contributed by atoms with Gasteiger partial charge in [-0.05, 0) is 158 Å². The molecule has 0 saturated carbocycles. The van der Waals surface area contributed by atoms with E-state index in [0.717, 1.165) is 55.3 Å². The fourth-order valence-electron chi connectivity index (χ4n) is 10.2. The molecule has 0 fully saturated rings. The summed E-state index contributed by atoms with van der Waals surface area (Å²) in [6, 6.07) is 80.0. The van der Waals surface area contributed by atoms with Crippen molar-refractivity contribution in [3.05, 3.63) is 270 Å². The van der Waals surface area contributed by atoms with Crippen molar-refractivity contribution in [1.29, 1.82) is 0 Å². The fraction of sp³-hybridized carbons (Fsp3) is 0.0462. The van der Waals surface area contributed by atoms with E-state index in [1.54, 1.807) is 12.1 Å². The van der Waals surface area contributed by atoms with Crippen LogP contribution in [0.3, 0.4) is 0 Å². The van der Waals surface area contributed by atoms with Gasteiger partial charge in [0.25, 0.3) is 0 Å². The molecule has 12 aromatic rings. The van der Waals surface area contributed by atoms with E-state index in [2.05, 4.69) is 122 Å². The summed E-state index contributed by atoms with van der Waals surface area (Å²) in [6.45, 7) is 4.32. The smallest absolute Gasteiger partial charge is 0.343 e. The van der Waals surface area contributed by atoms with Gasteiger partial charge in [0.15, 0.2) is 0 Å². The van der Waals surface area contributed by atoms with Crippen molar-refractivity contribution in [2.45, 2.75) is 19.3 Å². The summed E-state index contributed by atoms with van der Waals surface area (Å²) in [5.74, 6) is 0.0390. The van der Waals surface area contributed by atoms with Crippen LogP contribution in [0.1, 0.15) is 49.9 Å². The molecule has 12 rings (SSSR count). The number of nitrogens with zero attached hydrogens (tertiary/aromatic N) is 1. The molecular weight excluding hydrogens is 859 g/mol. The highest BCUT2D eigenvalue weighted by molar-refractivity contribution is 6.25. The molecule has 0 heterocycles. The summed E-state index contributed by atoms with van der Waals surface area (Å²) >= 11 is 0. The predicted molar refractivity (Wildman–Crippen MR) is 286 cm³/mol. The Morgan fingerprint density at radius 2 is 0.786 bits per heavy atom. The fourth-order valence-corrected chi connectivity index (χ4v) is 10.2. The molecule has 5 nitrogen and oxygen atoms in total. The quantitative estimate of drug-likeness (QED) is 0.0592. The molecule has 334 valence electrons. The highest BCUT2D eigenvalue weighted by atomic mass is 16.5. The number of hydrogen-bond acceptors (Lipinski definition) is 5. The van der Waals surface area contributed by atoms with Crippen LogP contribution in [-0.4, -0.2) is 11.9 Å². The summed E-state index contributed by atoms with van der Waals surface area (Å²) in [5, 5.41) is 11.4. The zero-order valence-electron chi connectivity index (χ0n) is 38.6. The molecule has 0 aromatic heterocycles. The van der Waals surface area contributed by atoms with Gasteiger partial charge in [-0.25, -0.2) is 9.59 Å². The molecule has 5 heteroatoms. The van der Waals surface area contributed by atoms with E-state index in [0.29, 0.717) is 22.6 Å². The highest BCUT2D eigenvalue weighted by Crippen LogP contribution is 2.46. The van der Waals surface area contributed by atoms with Crippen molar-refractivity contribution in [2.75, 3.05) is 4.90 Å². The van der Waals surface area contributed by atoms with Crippen LogP contribution in [-0.2, 0) is 5.41 Å². The first kappa shape index (κ1) is 42.3. The van der Waals surface area contributed by atoms with E-state index in [1.165, 1.54) is 37.9 Å². The lowest BCUT2D eigenvalue weighted by Crippen LogP contribution is -2.25. The third-order valence-electron chi connectivity index (χ3n) is 14.0. The second-order valence-electron chi connectivity index (χ2n) is 18.2. The summed E-state index contributed by atoms with van der Waals surface area (Å²) in [6.07, 6.45) is 0. The van der Waals surface area contributed by atoms with Crippen molar-refractivity contribution in [3.63, 3.8) is 0 Å². The third-order valence-corrected chi connectivity index (χ3v) is 14.0. The Balaban J connectivity index is 0.919. The SMILES string of the molecule is Cc1ccc(N(c2ccc(C(C)(c3ccc(OC(=O)c4ccc5ccccc5c4)cc3)c3ccc(OC(=O)c4ccc5ccccc5c4)cc3)cc2)c2ccc3ccc4cccc5ccc2c3c45)cc1. The van der Waals surface area contributed by atoms with Crippen LogP contribution in [0.15, 0.2) is 237 Å². The minimum Gasteiger partial charge on any atom is -0.423 e. The number of anilines is 3. The number of esters is 2. The summed E-state index contributed by atoms with van der Waals surface area (Å²) in [4.78, 5) is 29.2. The van der Waals surface area contributed by atoms with Crippen molar-refractivity contribution in [2.24, 2.45) is 0 Å². The molecule has 70 heavy (non-hydrogen) atoms. The van der Waals surface area contributed by atoms with Crippen molar-refractivity contribution >= 4 is 82.9 Å². The highest BCUT2D eigenvalue weighted by Gasteiger charge is 2.32. The molecule has 0 radical (unpaired) electrons. The van der Waals surface area contributed by atoms with Gasteiger partial charge in [0.1, 0.15) is 11.5 Å². The molecule has 0 aliphatic heterocycles. The van der Waals surface area contributed by atoms with Crippen LogP contribution in [0, 0.1) is 6.92 Å². The van der Waals surface area contributed by atoms with E-state index in [-0.39, 0.29) is 0 Å². The summed E-state index contributed by atoms with van der Waals surface area (Å²) < 4.78 is 11.9. The largest absolute Gasteiger partial charge is 0.423 e. The van der Waals surface area contributed by atoms with Crippen LogP contribution in [0.2, 0.25) is 0 Å². The number of benzene rings is 12. The molecule has 0 aliphatic carbocycles. The maximum absolute atomic E-state index is 13.4. The molecule has 0 amide bonds. The van der Waals surface area contributed by atoms with Crippen molar-refractivity contribution in [1.82, 2.24) is 0 Å². The molecule has 0 saturated heterocycles. The van der Waals surface area contributed by atoms with Crippen LogP contribution in [0.4, 0.5) is 17.1 Å². The molecule has 12 aromatic carbocycles. The number of carbonyl (C=O) groups is 2. The number of aryl methyl sites for hydroxylation is 1. The maximum atomic E-state index is 13.4. The van der Waals surface area contributed by atoms with Gasteiger partial charge in [-0.2, -0.15) is 0 Å². The Hall–Kier alpha value is -9.06. The third kappa shape index (κ3) is 7.54. The van der Waals surface area contributed by atoms with Crippen LogP contribution >= 0.6 is 0 Å². The molecular formula is C65H45NO4. The molecule has 0 bridgehead atoms. The van der Waals surface area contributed by atoms with E-state index in [1.807, 2.05) is 121 Å². The standard InChI is InChI=1S/C65H45NO4/c1-42-14-30-55(31-15-42)66(60-39-23-47-19-18-45-12-7-13-46-22-38-59(60)62(47)61(45)46)56-32-24-52(25-33-56)65(2,53-26-34-57(35-27-53)69-63(67)50-20-16-43-8-3-5-10-48(43)40-50)54-28-36-58(37-29-54)70-64(68)51-21-17-44-9-4-6-11-49(44)41-51/h3-41H,1-2H3. The monoisotopic (exact) mass is 903 g/mol. The number of hydrogen-bond donors (Lipinski definition) is 0. The average molecular weight is 904 g/mol. The number of rotatable bonds is 10. The van der Waals surface area contributed by atoms with E-state index in [4.69, 9.17) is 9.47 Å².